The van der Waals surface area contributed by atoms with Crippen molar-refractivity contribution in [3.05, 3.63) is 40.7 Å². The largest absolute Gasteiger partial charge is 0.322 e. The minimum absolute atomic E-state index is 0.0493. The molecule has 2 aliphatic rings. The lowest BCUT2D eigenvalue weighted by molar-refractivity contribution is -0.122. The molecule has 1 aliphatic heterocycles. The van der Waals surface area contributed by atoms with Crippen LogP contribution in [0.1, 0.15) is 29.8 Å². The molecule has 0 spiro atoms. The van der Waals surface area contributed by atoms with Crippen molar-refractivity contribution >= 4 is 34.1 Å². The van der Waals surface area contributed by atoms with Crippen LogP contribution in [0.25, 0.3) is 0 Å². The number of anilines is 2. The summed E-state index contributed by atoms with van der Waals surface area (Å²) in [5.41, 5.74) is 1.50. The first-order chi connectivity index (χ1) is 12.6. The van der Waals surface area contributed by atoms with Crippen LogP contribution in [0, 0.1) is 11.7 Å². The van der Waals surface area contributed by atoms with Crippen molar-refractivity contribution in [2.24, 2.45) is 5.92 Å². The first kappa shape index (κ1) is 17.0. The molecule has 1 saturated carbocycles. The number of fused-ring (bicyclic) bond motifs is 1. The van der Waals surface area contributed by atoms with Crippen LogP contribution in [-0.4, -0.2) is 28.4 Å². The SMILES string of the molecule is O=C(Nc1nc2c(s1)CN(C(=O)Nc1ccc(F)cc1)CC2)C1CCC1. The van der Waals surface area contributed by atoms with Crippen LogP contribution in [0.4, 0.5) is 20.0 Å². The second-order valence-electron chi connectivity index (χ2n) is 6.61. The number of halogens is 1. The van der Waals surface area contributed by atoms with E-state index in [9.17, 15) is 14.0 Å². The van der Waals surface area contributed by atoms with Crippen LogP contribution in [0.5, 0.6) is 0 Å². The lowest BCUT2D eigenvalue weighted by Crippen LogP contribution is -2.38. The Morgan fingerprint density at radius 3 is 2.65 bits per heavy atom. The smallest absolute Gasteiger partial charge is 0.319 e. The normalized spacial score (nSPS) is 16.6. The first-order valence-electron chi connectivity index (χ1n) is 8.69. The molecule has 136 valence electrons. The number of hydrogen-bond donors (Lipinski definition) is 2. The third kappa shape index (κ3) is 3.55. The number of nitrogens with one attached hydrogen (secondary N) is 2. The summed E-state index contributed by atoms with van der Waals surface area (Å²) in [5.74, 6) is -0.172. The molecule has 1 aromatic carbocycles. The van der Waals surface area contributed by atoms with Gasteiger partial charge in [0.2, 0.25) is 5.91 Å². The lowest BCUT2D eigenvalue weighted by atomic mass is 9.85. The molecule has 1 aliphatic carbocycles. The molecule has 26 heavy (non-hydrogen) atoms. The predicted molar refractivity (Wildman–Crippen MR) is 97.6 cm³/mol. The highest BCUT2D eigenvalue weighted by molar-refractivity contribution is 7.15. The summed E-state index contributed by atoms with van der Waals surface area (Å²) in [6, 6.07) is 5.46. The van der Waals surface area contributed by atoms with Crippen molar-refractivity contribution in [3.8, 4) is 0 Å². The second-order valence-corrected chi connectivity index (χ2v) is 7.70. The molecule has 1 fully saturated rings. The molecule has 4 rings (SSSR count). The zero-order valence-corrected chi connectivity index (χ0v) is 14.9. The summed E-state index contributed by atoms with van der Waals surface area (Å²) in [5, 5.41) is 6.30. The number of amides is 3. The van der Waals surface area contributed by atoms with E-state index in [0.29, 0.717) is 30.3 Å². The summed E-state index contributed by atoms with van der Waals surface area (Å²) in [7, 11) is 0. The minimum Gasteiger partial charge on any atom is -0.319 e. The Morgan fingerprint density at radius 1 is 1.19 bits per heavy atom. The van der Waals surface area contributed by atoms with Gasteiger partial charge in [0.05, 0.1) is 12.2 Å². The van der Waals surface area contributed by atoms with E-state index in [1.165, 1.54) is 35.6 Å². The molecule has 2 aromatic rings. The molecule has 0 bridgehead atoms. The Kier molecular flexibility index (Phi) is 4.58. The van der Waals surface area contributed by atoms with Crippen molar-refractivity contribution in [2.45, 2.75) is 32.2 Å². The first-order valence-corrected chi connectivity index (χ1v) is 9.51. The van der Waals surface area contributed by atoms with Crippen molar-refractivity contribution < 1.29 is 14.0 Å². The van der Waals surface area contributed by atoms with Gasteiger partial charge in [-0.2, -0.15) is 0 Å². The van der Waals surface area contributed by atoms with E-state index >= 15 is 0 Å². The Morgan fingerprint density at radius 2 is 1.96 bits per heavy atom. The highest BCUT2D eigenvalue weighted by Gasteiger charge is 2.28. The average Bonchev–Trinajstić information content (AvgIpc) is 2.96. The quantitative estimate of drug-likeness (QED) is 0.862. The third-order valence-electron chi connectivity index (χ3n) is 4.82. The maximum Gasteiger partial charge on any atom is 0.322 e. The fourth-order valence-electron chi connectivity index (χ4n) is 3.04. The van der Waals surface area contributed by atoms with E-state index in [-0.39, 0.29) is 23.7 Å². The lowest BCUT2D eigenvalue weighted by Gasteiger charge is -2.26. The van der Waals surface area contributed by atoms with Crippen LogP contribution in [0.15, 0.2) is 24.3 Å². The summed E-state index contributed by atoms with van der Waals surface area (Å²) in [6.07, 6.45) is 3.68. The zero-order valence-electron chi connectivity index (χ0n) is 14.1. The van der Waals surface area contributed by atoms with Gasteiger partial charge in [0.25, 0.3) is 0 Å². The fraction of sp³-hybridized carbons (Fsp3) is 0.389. The van der Waals surface area contributed by atoms with Gasteiger partial charge in [-0.25, -0.2) is 14.2 Å². The van der Waals surface area contributed by atoms with Crippen LogP contribution < -0.4 is 10.6 Å². The number of aromatic nitrogens is 1. The van der Waals surface area contributed by atoms with Gasteiger partial charge in [0.1, 0.15) is 5.82 Å². The van der Waals surface area contributed by atoms with Crippen LogP contribution in [0.3, 0.4) is 0 Å². The number of hydrogen-bond acceptors (Lipinski definition) is 4. The summed E-state index contributed by atoms with van der Waals surface area (Å²) in [4.78, 5) is 31.7. The van der Waals surface area contributed by atoms with Crippen LogP contribution >= 0.6 is 11.3 Å². The highest BCUT2D eigenvalue weighted by Crippen LogP contribution is 2.31. The molecule has 6 nitrogen and oxygen atoms in total. The maximum absolute atomic E-state index is 13.0. The molecular weight excluding hydrogens is 355 g/mol. The monoisotopic (exact) mass is 374 g/mol. The minimum atomic E-state index is -0.341. The van der Waals surface area contributed by atoms with Gasteiger partial charge >= 0.3 is 6.03 Å². The van der Waals surface area contributed by atoms with Gasteiger partial charge in [-0.1, -0.05) is 17.8 Å². The predicted octanol–water partition coefficient (Wildman–Crippen LogP) is 3.61. The molecule has 2 N–H and O–H groups in total. The Labute approximate surface area is 154 Å². The number of urea groups is 1. The van der Waals surface area contributed by atoms with E-state index in [1.807, 2.05) is 0 Å². The van der Waals surface area contributed by atoms with Gasteiger partial charge in [-0.3, -0.25) is 4.79 Å². The van der Waals surface area contributed by atoms with Gasteiger partial charge in [-0.05, 0) is 37.1 Å². The summed E-state index contributed by atoms with van der Waals surface area (Å²) >= 11 is 1.43. The number of nitrogens with zero attached hydrogens (tertiary/aromatic N) is 2. The molecule has 0 radical (unpaired) electrons. The Hall–Kier alpha value is -2.48. The van der Waals surface area contributed by atoms with E-state index in [0.717, 1.165) is 29.8 Å². The average molecular weight is 374 g/mol. The Bertz CT molecular complexity index is 832. The number of thiazole rings is 1. The van der Waals surface area contributed by atoms with Crippen LogP contribution in [-0.2, 0) is 17.8 Å². The molecule has 1 aromatic heterocycles. The molecule has 0 atom stereocenters. The standard InChI is InChI=1S/C18H19FN4O2S/c19-12-4-6-13(7-5-12)20-18(25)23-9-8-14-15(10-23)26-17(21-14)22-16(24)11-2-1-3-11/h4-7,11H,1-3,8-10H2,(H,20,25)(H,21,22,24). The van der Waals surface area contributed by atoms with Gasteiger partial charge in [-0.15, -0.1) is 0 Å². The van der Waals surface area contributed by atoms with Crippen molar-refractivity contribution in [2.75, 3.05) is 17.2 Å². The van der Waals surface area contributed by atoms with Gasteiger partial charge in [0.15, 0.2) is 5.13 Å². The maximum atomic E-state index is 13.0. The molecule has 3 amide bonds. The van der Waals surface area contributed by atoms with Crippen molar-refractivity contribution in [3.63, 3.8) is 0 Å². The van der Waals surface area contributed by atoms with E-state index in [4.69, 9.17) is 0 Å². The molecule has 0 unspecified atom stereocenters. The summed E-state index contributed by atoms with van der Waals surface area (Å²) in [6.45, 7) is 1.01. The number of carbonyl (C=O) groups is 2. The zero-order chi connectivity index (χ0) is 18.1. The fourth-order valence-corrected chi connectivity index (χ4v) is 4.06. The molecule has 0 saturated heterocycles. The Balaban J connectivity index is 1.38. The molecule has 2 heterocycles. The highest BCUT2D eigenvalue weighted by atomic mass is 32.1. The topological polar surface area (TPSA) is 74.3 Å². The number of benzene rings is 1. The third-order valence-corrected chi connectivity index (χ3v) is 5.82. The van der Waals surface area contributed by atoms with Crippen LogP contribution in [0.2, 0.25) is 0 Å². The van der Waals surface area contributed by atoms with Crippen molar-refractivity contribution in [1.82, 2.24) is 9.88 Å². The van der Waals surface area contributed by atoms with Gasteiger partial charge < -0.3 is 15.5 Å². The van der Waals surface area contributed by atoms with E-state index < -0.39 is 0 Å². The number of rotatable bonds is 3. The van der Waals surface area contributed by atoms with Gasteiger partial charge in [0, 0.05) is 29.4 Å². The number of carbonyl (C=O) groups excluding carboxylic acids is 2. The van der Waals surface area contributed by atoms with E-state index in [1.54, 1.807) is 4.90 Å². The molecule has 8 heteroatoms. The summed E-state index contributed by atoms with van der Waals surface area (Å²) < 4.78 is 13.0. The van der Waals surface area contributed by atoms with E-state index in [2.05, 4.69) is 15.6 Å². The second kappa shape index (κ2) is 7.03. The van der Waals surface area contributed by atoms with Crippen molar-refractivity contribution in [1.29, 1.82) is 0 Å². The molecular formula is C18H19FN4O2S.